The van der Waals surface area contributed by atoms with Crippen LogP contribution in [0.1, 0.15) is 25.3 Å². The lowest BCUT2D eigenvalue weighted by molar-refractivity contribution is -0.152. The zero-order chi connectivity index (χ0) is 15.1. The average Bonchev–Trinajstić information content (AvgIpc) is 3.01. The van der Waals surface area contributed by atoms with Crippen LogP contribution in [0.2, 0.25) is 0 Å². The van der Waals surface area contributed by atoms with E-state index in [4.69, 9.17) is 9.47 Å². The van der Waals surface area contributed by atoms with Crippen LogP contribution < -0.4 is 0 Å². The molecule has 5 nitrogen and oxygen atoms in total. The maximum Gasteiger partial charge on any atom is 0.325 e. The highest BCUT2D eigenvalue weighted by atomic mass is 16.5. The Labute approximate surface area is 124 Å². The number of carbonyl (C=O) groups excluding carboxylic acids is 2. The van der Waals surface area contributed by atoms with Gasteiger partial charge < -0.3 is 14.4 Å². The van der Waals surface area contributed by atoms with Gasteiger partial charge in [0, 0.05) is 13.2 Å². The highest BCUT2D eigenvalue weighted by molar-refractivity contribution is 5.85. The second-order valence-electron chi connectivity index (χ2n) is 4.99. The number of ether oxygens (including phenoxy) is 2. The van der Waals surface area contributed by atoms with Gasteiger partial charge in [-0.1, -0.05) is 30.3 Å². The molecule has 2 rings (SSSR count). The smallest absolute Gasteiger partial charge is 0.325 e. The van der Waals surface area contributed by atoms with Crippen molar-refractivity contribution in [1.82, 2.24) is 4.90 Å². The molecule has 1 saturated heterocycles. The third-order valence-electron chi connectivity index (χ3n) is 3.36. The Morgan fingerprint density at radius 1 is 1.33 bits per heavy atom. The maximum absolute atomic E-state index is 12.5. The Hall–Kier alpha value is -1.88. The van der Waals surface area contributed by atoms with Gasteiger partial charge in [-0.05, 0) is 25.3 Å². The largest absolute Gasteiger partial charge is 0.465 e. The lowest BCUT2D eigenvalue weighted by Crippen LogP contribution is -2.41. The molecule has 1 amide bonds. The average molecular weight is 291 g/mol. The third-order valence-corrected chi connectivity index (χ3v) is 3.36. The molecule has 1 aromatic carbocycles. The fraction of sp³-hybridized carbons (Fsp3) is 0.500. The van der Waals surface area contributed by atoms with Crippen molar-refractivity contribution in [1.29, 1.82) is 0 Å². The monoisotopic (exact) mass is 291 g/mol. The molecule has 0 radical (unpaired) electrons. The standard InChI is InChI=1S/C16H21NO4/c1-2-20-15(18)12-17(11-13-7-4-3-5-8-13)16(19)14-9-6-10-21-14/h3-5,7-8,14H,2,6,9-12H2,1H3/t14-/m1/s1. The first kappa shape index (κ1) is 15.5. The van der Waals surface area contributed by atoms with E-state index in [-0.39, 0.29) is 18.4 Å². The molecule has 1 heterocycles. The van der Waals surface area contributed by atoms with Crippen molar-refractivity contribution in [2.45, 2.75) is 32.4 Å². The van der Waals surface area contributed by atoms with E-state index in [0.717, 1.165) is 12.0 Å². The number of carbonyl (C=O) groups is 2. The Morgan fingerprint density at radius 3 is 2.71 bits per heavy atom. The zero-order valence-corrected chi connectivity index (χ0v) is 12.3. The van der Waals surface area contributed by atoms with E-state index < -0.39 is 6.10 Å². The predicted octanol–water partition coefficient (Wildman–Crippen LogP) is 1.76. The van der Waals surface area contributed by atoms with Crippen LogP contribution in [0.25, 0.3) is 0 Å². The first-order valence-corrected chi connectivity index (χ1v) is 7.30. The molecule has 1 fully saturated rings. The molecule has 1 atom stereocenters. The van der Waals surface area contributed by atoms with Crippen LogP contribution in [0, 0.1) is 0 Å². The number of rotatable bonds is 6. The van der Waals surface area contributed by atoms with Gasteiger partial charge in [0.15, 0.2) is 0 Å². The number of nitrogens with zero attached hydrogens (tertiary/aromatic N) is 1. The lowest BCUT2D eigenvalue weighted by Gasteiger charge is -2.24. The summed E-state index contributed by atoms with van der Waals surface area (Å²) >= 11 is 0. The SMILES string of the molecule is CCOC(=O)CN(Cc1ccccc1)C(=O)[C@H]1CCCO1. The summed E-state index contributed by atoms with van der Waals surface area (Å²) in [6, 6.07) is 9.60. The summed E-state index contributed by atoms with van der Waals surface area (Å²) in [5.41, 5.74) is 0.980. The summed E-state index contributed by atoms with van der Waals surface area (Å²) in [6.45, 7) is 3.02. The fourth-order valence-electron chi connectivity index (χ4n) is 2.35. The number of hydrogen-bond acceptors (Lipinski definition) is 4. The molecule has 0 unspecified atom stereocenters. The molecule has 0 aromatic heterocycles. The van der Waals surface area contributed by atoms with Crippen molar-refractivity contribution < 1.29 is 19.1 Å². The second-order valence-corrected chi connectivity index (χ2v) is 4.99. The molecule has 1 aliphatic rings. The van der Waals surface area contributed by atoms with Crippen LogP contribution in [-0.4, -0.2) is 42.6 Å². The third kappa shape index (κ3) is 4.56. The van der Waals surface area contributed by atoms with E-state index in [1.165, 1.54) is 4.90 Å². The van der Waals surface area contributed by atoms with Crippen LogP contribution in [0.4, 0.5) is 0 Å². The van der Waals surface area contributed by atoms with Gasteiger partial charge in [-0.3, -0.25) is 9.59 Å². The van der Waals surface area contributed by atoms with Crippen LogP contribution in [0.15, 0.2) is 30.3 Å². The minimum Gasteiger partial charge on any atom is -0.465 e. The predicted molar refractivity (Wildman–Crippen MR) is 77.5 cm³/mol. The Bertz CT molecular complexity index is 468. The van der Waals surface area contributed by atoms with E-state index in [2.05, 4.69) is 0 Å². The lowest BCUT2D eigenvalue weighted by atomic mass is 10.1. The fourth-order valence-corrected chi connectivity index (χ4v) is 2.35. The summed E-state index contributed by atoms with van der Waals surface area (Å²) in [7, 11) is 0. The van der Waals surface area contributed by atoms with Crippen molar-refractivity contribution in [2.24, 2.45) is 0 Å². The molecule has 0 N–H and O–H groups in total. The van der Waals surface area contributed by atoms with Gasteiger partial charge >= 0.3 is 5.97 Å². The number of hydrogen-bond donors (Lipinski definition) is 0. The molecule has 0 bridgehead atoms. The van der Waals surface area contributed by atoms with Gasteiger partial charge in [-0.2, -0.15) is 0 Å². The molecule has 0 aliphatic carbocycles. The normalized spacial score (nSPS) is 17.5. The summed E-state index contributed by atoms with van der Waals surface area (Å²) in [5, 5.41) is 0. The van der Waals surface area contributed by atoms with Crippen molar-refractivity contribution in [3.8, 4) is 0 Å². The van der Waals surface area contributed by atoms with Crippen molar-refractivity contribution in [3.63, 3.8) is 0 Å². The quantitative estimate of drug-likeness (QED) is 0.749. The van der Waals surface area contributed by atoms with Crippen LogP contribution in [0.3, 0.4) is 0 Å². The van der Waals surface area contributed by atoms with E-state index in [0.29, 0.717) is 26.2 Å². The molecular weight excluding hydrogens is 270 g/mol. The summed E-state index contributed by atoms with van der Waals surface area (Å²) in [5.74, 6) is -0.524. The summed E-state index contributed by atoms with van der Waals surface area (Å²) in [4.78, 5) is 25.7. The van der Waals surface area contributed by atoms with Gasteiger partial charge in [-0.15, -0.1) is 0 Å². The first-order chi connectivity index (χ1) is 10.2. The molecule has 114 valence electrons. The van der Waals surface area contributed by atoms with Gasteiger partial charge in [0.05, 0.1) is 6.61 Å². The maximum atomic E-state index is 12.5. The van der Waals surface area contributed by atoms with E-state index >= 15 is 0 Å². The molecule has 0 saturated carbocycles. The molecule has 1 aliphatic heterocycles. The van der Waals surface area contributed by atoms with Gasteiger partial charge in [0.25, 0.3) is 5.91 Å². The highest BCUT2D eigenvalue weighted by Gasteiger charge is 2.29. The van der Waals surface area contributed by atoms with Gasteiger partial charge in [0.1, 0.15) is 12.6 Å². The van der Waals surface area contributed by atoms with E-state index in [1.807, 2.05) is 30.3 Å². The van der Waals surface area contributed by atoms with Crippen LogP contribution in [-0.2, 0) is 25.6 Å². The molecule has 1 aromatic rings. The zero-order valence-electron chi connectivity index (χ0n) is 12.3. The van der Waals surface area contributed by atoms with E-state index in [9.17, 15) is 9.59 Å². The van der Waals surface area contributed by atoms with Crippen molar-refractivity contribution >= 4 is 11.9 Å². The van der Waals surface area contributed by atoms with Crippen molar-refractivity contribution in [2.75, 3.05) is 19.8 Å². The highest BCUT2D eigenvalue weighted by Crippen LogP contribution is 2.16. The van der Waals surface area contributed by atoms with Crippen molar-refractivity contribution in [3.05, 3.63) is 35.9 Å². The number of amides is 1. The minimum atomic E-state index is -0.428. The molecule has 21 heavy (non-hydrogen) atoms. The number of esters is 1. The Morgan fingerprint density at radius 2 is 2.10 bits per heavy atom. The summed E-state index contributed by atoms with van der Waals surface area (Å²) in [6.07, 6.45) is 1.17. The Balaban J connectivity index is 2.05. The molecular formula is C16H21NO4. The summed E-state index contributed by atoms with van der Waals surface area (Å²) < 4.78 is 10.4. The van der Waals surface area contributed by atoms with Crippen LogP contribution >= 0.6 is 0 Å². The molecule has 5 heteroatoms. The van der Waals surface area contributed by atoms with Gasteiger partial charge in [-0.25, -0.2) is 0 Å². The molecule has 0 spiro atoms. The minimum absolute atomic E-state index is 0.0403. The topological polar surface area (TPSA) is 55.8 Å². The second kappa shape index (κ2) is 7.78. The van der Waals surface area contributed by atoms with Crippen LogP contribution in [0.5, 0.6) is 0 Å². The van der Waals surface area contributed by atoms with Gasteiger partial charge in [0.2, 0.25) is 0 Å². The first-order valence-electron chi connectivity index (χ1n) is 7.30. The van der Waals surface area contributed by atoms with E-state index in [1.54, 1.807) is 6.92 Å². The Kier molecular flexibility index (Phi) is 5.75. The number of benzene rings is 1.